The summed E-state index contributed by atoms with van der Waals surface area (Å²) < 4.78 is 7.33. The van der Waals surface area contributed by atoms with Crippen LogP contribution in [0.15, 0.2) is 18.9 Å². The van der Waals surface area contributed by atoms with Crippen LogP contribution in [0.2, 0.25) is 0 Å². The maximum absolute atomic E-state index is 5.27. The molecule has 90 valence electrons. The molecule has 1 heterocycles. The molecule has 0 fully saturated rings. The lowest BCUT2D eigenvalue weighted by Crippen LogP contribution is -2.10. The topological polar surface area (TPSA) is 39.1 Å². The number of hydrogen-bond acceptors (Lipinski definition) is 3. The third-order valence-corrected chi connectivity index (χ3v) is 2.18. The second-order valence-corrected chi connectivity index (χ2v) is 3.62. The lowest BCUT2D eigenvalue weighted by atomic mass is 10.4. The Morgan fingerprint density at radius 3 is 3.12 bits per heavy atom. The van der Waals surface area contributed by atoms with E-state index in [9.17, 15) is 0 Å². The zero-order valence-electron chi connectivity index (χ0n) is 10.2. The number of hydrogen-bond donors (Lipinski definition) is 1. The van der Waals surface area contributed by atoms with Crippen molar-refractivity contribution in [1.82, 2.24) is 9.55 Å². The molecule has 0 amide bonds. The van der Waals surface area contributed by atoms with Gasteiger partial charge in [0, 0.05) is 32.5 Å². The SMILES string of the molecule is C=CCn1cc(C)nc1NCCCOCC. The predicted molar refractivity (Wildman–Crippen MR) is 66.8 cm³/mol. The summed E-state index contributed by atoms with van der Waals surface area (Å²) in [7, 11) is 0. The van der Waals surface area contributed by atoms with Crippen molar-refractivity contribution in [2.75, 3.05) is 25.1 Å². The number of imidazole rings is 1. The molecule has 0 aliphatic carbocycles. The van der Waals surface area contributed by atoms with Crippen molar-refractivity contribution >= 4 is 5.95 Å². The van der Waals surface area contributed by atoms with Crippen LogP contribution in [0.4, 0.5) is 5.95 Å². The summed E-state index contributed by atoms with van der Waals surface area (Å²) in [5, 5.41) is 3.30. The van der Waals surface area contributed by atoms with Gasteiger partial charge in [0.25, 0.3) is 0 Å². The molecule has 4 nitrogen and oxygen atoms in total. The summed E-state index contributed by atoms with van der Waals surface area (Å²) >= 11 is 0. The molecular weight excluding hydrogens is 202 g/mol. The molecule has 4 heteroatoms. The molecule has 0 radical (unpaired) electrons. The normalized spacial score (nSPS) is 10.4. The minimum atomic E-state index is 0.782. The van der Waals surface area contributed by atoms with Crippen molar-refractivity contribution in [1.29, 1.82) is 0 Å². The number of aryl methyl sites for hydroxylation is 1. The fraction of sp³-hybridized carbons (Fsp3) is 0.583. The van der Waals surface area contributed by atoms with E-state index in [1.54, 1.807) is 0 Å². The van der Waals surface area contributed by atoms with E-state index in [1.165, 1.54) is 0 Å². The van der Waals surface area contributed by atoms with E-state index in [-0.39, 0.29) is 0 Å². The average molecular weight is 223 g/mol. The van der Waals surface area contributed by atoms with Crippen molar-refractivity contribution in [3.8, 4) is 0 Å². The lowest BCUT2D eigenvalue weighted by Gasteiger charge is -2.07. The van der Waals surface area contributed by atoms with Crippen molar-refractivity contribution in [2.45, 2.75) is 26.8 Å². The van der Waals surface area contributed by atoms with E-state index in [2.05, 4.69) is 21.4 Å². The smallest absolute Gasteiger partial charge is 0.203 e. The second kappa shape index (κ2) is 7.06. The number of anilines is 1. The van der Waals surface area contributed by atoms with E-state index < -0.39 is 0 Å². The molecule has 0 aromatic carbocycles. The van der Waals surface area contributed by atoms with Gasteiger partial charge in [-0.1, -0.05) is 6.08 Å². The summed E-state index contributed by atoms with van der Waals surface area (Å²) in [6.07, 6.45) is 4.88. The molecule has 0 bridgehead atoms. The van der Waals surface area contributed by atoms with E-state index in [0.29, 0.717) is 0 Å². The summed E-state index contributed by atoms with van der Waals surface area (Å²) in [6.45, 7) is 11.0. The van der Waals surface area contributed by atoms with Crippen LogP contribution in [-0.2, 0) is 11.3 Å². The van der Waals surface area contributed by atoms with Crippen molar-refractivity contribution < 1.29 is 4.74 Å². The molecule has 1 aromatic heterocycles. The van der Waals surface area contributed by atoms with Gasteiger partial charge in [-0.25, -0.2) is 4.98 Å². The first-order valence-electron chi connectivity index (χ1n) is 5.74. The monoisotopic (exact) mass is 223 g/mol. The highest BCUT2D eigenvalue weighted by Crippen LogP contribution is 2.08. The number of rotatable bonds is 8. The first kappa shape index (κ1) is 12.8. The van der Waals surface area contributed by atoms with Gasteiger partial charge >= 0.3 is 0 Å². The molecule has 16 heavy (non-hydrogen) atoms. The van der Waals surface area contributed by atoms with Gasteiger partial charge in [-0.05, 0) is 20.3 Å². The first-order chi connectivity index (χ1) is 7.77. The van der Waals surface area contributed by atoms with Crippen LogP contribution in [-0.4, -0.2) is 29.3 Å². The molecule has 1 rings (SSSR count). The highest BCUT2D eigenvalue weighted by atomic mass is 16.5. The molecule has 0 saturated heterocycles. The Labute approximate surface area is 97.3 Å². The summed E-state index contributed by atoms with van der Waals surface area (Å²) in [5.74, 6) is 0.911. The van der Waals surface area contributed by atoms with Crippen LogP contribution in [0.5, 0.6) is 0 Å². The molecule has 0 aliphatic heterocycles. The van der Waals surface area contributed by atoms with Crippen molar-refractivity contribution in [3.63, 3.8) is 0 Å². The number of nitrogens with one attached hydrogen (secondary N) is 1. The second-order valence-electron chi connectivity index (χ2n) is 3.62. The predicted octanol–water partition coefficient (Wildman–Crippen LogP) is 2.22. The van der Waals surface area contributed by atoms with Crippen molar-refractivity contribution in [3.05, 3.63) is 24.5 Å². The van der Waals surface area contributed by atoms with Gasteiger partial charge in [-0.2, -0.15) is 0 Å². The van der Waals surface area contributed by atoms with Crippen LogP contribution in [0, 0.1) is 6.92 Å². The highest BCUT2D eigenvalue weighted by Gasteiger charge is 2.02. The molecule has 0 saturated carbocycles. The Balaban J connectivity index is 2.37. The Morgan fingerprint density at radius 1 is 1.62 bits per heavy atom. The maximum atomic E-state index is 5.27. The summed E-state index contributed by atoms with van der Waals surface area (Å²) in [6, 6.07) is 0. The number of nitrogens with zero attached hydrogens (tertiary/aromatic N) is 2. The van der Waals surface area contributed by atoms with Crippen LogP contribution in [0.25, 0.3) is 0 Å². The largest absolute Gasteiger partial charge is 0.382 e. The standard InChI is InChI=1S/C12H21N3O/c1-4-8-15-10-11(3)14-12(15)13-7-6-9-16-5-2/h4,10H,1,5-9H2,2-3H3,(H,13,14). The Morgan fingerprint density at radius 2 is 2.44 bits per heavy atom. The fourth-order valence-corrected chi connectivity index (χ4v) is 1.48. The van der Waals surface area contributed by atoms with Gasteiger partial charge in [0.05, 0.1) is 5.69 Å². The summed E-state index contributed by atoms with van der Waals surface area (Å²) in [4.78, 5) is 4.41. The van der Waals surface area contributed by atoms with Gasteiger partial charge < -0.3 is 14.6 Å². The molecule has 1 N–H and O–H groups in total. The van der Waals surface area contributed by atoms with Gasteiger partial charge in [-0.15, -0.1) is 6.58 Å². The number of aromatic nitrogens is 2. The van der Waals surface area contributed by atoms with E-state index in [0.717, 1.165) is 44.4 Å². The van der Waals surface area contributed by atoms with Gasteiger partial charge in [0.1, 0.15) is 0 Å². The Bertz CT molecular complexity index is 320. The minimum Gasteiger partial charge on any atom is -0.382 e. The fourth-order valence-electron chi connectivity index (χ4n) is 1.48. The first-order valence-corrected chi connectivity index (χ1v) is 5.74. The van der Waals surface area contributed by atoms with Crippen LogP contribution >= 0.6 is 0 Å². The van der Waals surface area contributed by atoms with Gasteiger partial charge in [-0.3, -0.25) is 0 Å². The third kappa shape index (κ3) is 4.06. The maximum Gasteiger partial charge on any atom is 0.203 e. The molecule has 1 aromatic rings. The Kier molecular flexibility index (Phi) is 5.64. The van der Waals surface area contributed by atoms with E-state index in [4.69, 9.17) is 4.74 Å². The average Bonchev–Trinajstić information content (AvgIpc) is 2.59. The minimum absolute atomic E-state index is 0.782. The van der Waals surface area contributed by atoms with Gasteiger partial charge in [0.2, 0.25) is 5.95 Å². The van der Waals surface area contributed by atoms with Crippen LogP contribution < -0.4 is 5.32 Å². The molecule has 0 atom stereocenters. The van der Waals surface area contributed by atoms with Crippen LogP contribution in [0.1, 0.15) is 19.0 Å². The van der Waals surface area contributed by atoms with Crippen LogP contribution in [0.3, 0.4) is 0 Å². The molecule has 0 unspecified atom stereocenters. The Hall–Kier alpha value is -1.29. The van der Waals surface area contributed by atoms with Gasteiger partial charge in [0.15, 0.2) is 0 Å². The van der Waals surface area contributed by atoms with E-state index >= 15 is 0 Å². The third-order valence-electron chi connectivity index (χ3n) is 2.18. The highest BCUT2D eigenvalue weighted by molar-refractivity contribution is 5.28. The molecular formula is C12H21N3O. The number of allylic oxidation sites excluding steroid dienone is 1. The zero-order valence-corrected chi connectivity index (χ0v) is 10.2. The molecule has 0 aliphatic rings. The number of ether oxygens (including phenoxy) is 1. The van der Waals surface area contributed by atoms with E-state index in [1.807, 2.05) is 26.1 Å². The lowest BCUT2D eigenvalue weighted by molar-refractivity contribution is 0.147. The quantitative estimate of drug-likeness (QED) is 0.542. The van der Waals surface area contributed by atoms with Crippen molar-refractivity contribution in [2.24, 2.45) is 0 Å². The zero-order chi connectivity index (χ0) is 11.8. The summed E-state index contributed by atoms with van der Waals surface area (Å²) in [5.41, 5.74) is 1.02. The molecule has 0 spiro atoms.